The molecule has 3 fully saturated rings. The van der Waals surface area contributed by atoms with Gasteiger partial charge in [0.15, 0.2) is 0 Å². The number of carbonyl (C=O) groups is 10. The Hall–Kier alpha value is -8.47. The monoisotopic (exact) mass is 1320 g/mol. The van der Waals surface area contributed by atoms with Gasteiger partial charge in [-0.3, -0.25) is 77.4 Å². The molecule has 6 amide bonds. The molecule has 28 nitrogen and oxygen atoms in total. The van der Waals surface area contributed by atoms with Crippen LogP contribution in [0.5, 0.6) is 5.75 Å². The lowest BCUT2D eigenvalue weighted by molar-refractivity contribution is -0.147. The maximum atomic E-state index is 14.4. The fourth-order valence-corrected chi connectivity index (χ4v) is 10.9. The number of fused-ring (bicyclic) bond motifs is 1. The van der Waals surface area contributed by atoms with Gasteiger partial charge in [0.25, 0.3) is 24.8 Å². The number of benzene rings is 2. The zero-order chi connectivity index (χ0) is 67.8. The van der Waals surface area contributed by atoms with Gasteiger partial charge in [-0.2, -0.15) is 0 Å². The molecule has 0 aliphatic carbocycles. The molecule has 2 aromatic carbocycles. The van der Waals surface area contributed by atoms with Crippen LogP contribution in [0.4, 0.5) is 8.78 Å². The molecule has 3 atom stereocenters. The molecule has 4 heterocycles. The first kappa shape index (κ1) is 74.6. The number of piperazine rings is 1. The van der Waals surface area contributed by atoms with E-state index in [1.54, 1.807) is 32.9 Å². The second-order valence-corrected chi connectivity index (χ2v) is 23.2. The number of hydrogen-bond donors (Lipinski definition) is 5. The van der Waals surface area contributed by atoms with E-state index in [4.69, 9.17) is 30.1 Å². The highest BCUT2D eigenvalue weighted by Crippen LogP contribution is 2.32. The molecule has 6 rings (SSSR count). The second-order valence-electron chi connectivity index (χ2n) is 23.2. The summed E-state index contributed by atoms with van der Waals surface area (Å²) < 4.78 is 54.9. The number of carboxylic acids is 1. The third kappa shape index (κ3) is 25.8. The van der Waals surface area contributed by atoms with Gasteiger partial charge in [-0.25, -0.2) is 8.78 Å². The number of likely N-dealkylation sites (tertiary alicyclic amines) is 1. The van der Waals surface area contributed by atoms with E-state index in [9.17, 15) is 61.8 Å². The molecule has 30 heteroatoms. The van der Waals surface area contributed by atoms with Gasteiger partial charge in [0, 0.05) is 116 Å². The Morgan fingerprint density at radius 1 is 0.755 bits per heavy atom. The number of rotatable bonds is 35. The summed E-state index contributed by atoms with van der Waals surface area (Å²) in [4.78, 5) is 145. The lowest BCUT2D eigenvalue weighted by Crippen LogP contribution is -2.58. The number of hydrogen-bond acceptors (Lipinski definition) is 21. The number of nitrogens with one attached hydrogen (secondary N) is 4. The molecule has 514 valence electrons. The van der Waals surface area contributed by atoms with Gasteiger partial charge in [-0.15, -0.1) is 6.42 Å². The molecule has 3 aliphatic heterocycles. The highest BCUT2D eigenvalue weighted by Gasteiger charge is 2.46. The van der Waals surface area contributed by atoms with E-state index in [1.165, 1.54) is 12.3 Å². The van der Waals surface area contributed by atoms with Crippen LogP contribution >= 0.6 is 0 Å². The quantitative estimate of drug-likeness (QED) is 0.0171. The minimum atomic E-state index is -3.12. The predicted octanol–water partition coefficient (Wildman–Crippen LogP) is 0.0913. The van der Waals surface area contributed by atoms with Crippen molar-refractivity contribution in [2.75, 3.05) is 158 Å². The maximum Gasteiger partial charge on any atom is 0.317 e. The van der Waals surface area contributed by atoms with Crippen LogP contribution in [0, 0.1) is 19.3 Å². The Bertz CT molecular complexity index is 3040. The second kappa shape index (κ2) is 39.3. The zero-order valence-corrected chi connectivity index (χ0v) is 53.5. The topological polar surface area (TPSA) is 321 Å². The van der Waals surface area contributed by atoms with Gasteiger partial charge in [-0.1, -0.05) is 35.7 Å². The number of methoxy groups -OCH3 is 1. The van der Waals surface area contributed by atoms with Crippen molar-refractivity contribution in [3.05, 3.63) is 71.4 Å². The minimum absolute atomic E-state index is 0.0473. The van der Waals surface area contributed by atoms with Gasteiger partial charge < -0.3 is 59.9 Å². The summed E-state index contributed by atoms with van der Waals surface area (Å²) in [7, 11) is 1.16. The van der Waals surface area contributed by atoms with Gasteiger partial charge in [0.05, 0.1) is 70.0 Å². The first-order valence-electron chi connectivity index (χ1n) is 31.5. The standard InChI is InChI=1S/C64H88F2N12O16/c1-4-49-38-64(65,66)42-78(49)58(83)39-69-61(87)51-16-18-67-53-15-14-50(36-52(51)53)94-33-6-5-20-72-29-31-77(32-30-72)63(89)55(37-60(86)90-3)71-62(88)54(17-34-91-35-19-68-56(81)9-7-8-48-12-10-47(2)11-13-48)70-57(82)40-73-21-22-74(41-59(84)85)24-26-76(44-93-46-80)28-27-75(25-23-73)43-92-45-79/h1,10-16,18,36,45-46,49,54-55H,5-9,17,19-35,37-44H2,2-3H3,(H,68,81)(H,69,87)(H,70,82)(H,71,88)(H,84,85)/t49-,54-,55-/m0/s1. The van der Waals surface area contributed by atoms with Crippen LogP contribution in [0.3, 0.4) is 0 Å². The van der Waals surface area contributed by atoms with Crippen molar-refractivity contribution >= 4 is 71.2 Å². The normalized spacial score (nSPS) is 17.6. The molecular formula is C64H88F2N12O16. The summed E-state index contributed by atoms with van der Waals surface area (Å²) in [5.41, 5.74) is 2.96. The van der Waals surface area contributed by atoms with Crippen LogP contribution in [0.25, 0.3) is 10.9 Å². The molecule has 1 aromatic heterocycles. The number of alkyl halides is 2. The average molecular weight is 1320 g/mol. The minimum Gasteiger partial charge on any atom is -0.494 e. The number of terminal acetylenes is 1. The van der Waals surface area contributed by atoms with Crippen LogP contribution in [-0.4, -0.2) is 287 Å². The molecule has 3 saturated heterocycles. The lowest BCUT2D eigenvalue weighted by atomic mass is 10.1. The number of amides is 6. The molecule has 0 radical (unpaired) electrons. The number of halogens is 2. The molecule has 94 heavy (non-hydrogen) atoms. The average Bonchev–Trinajstić information content (AvgIpc) is 0.920. The Kier molecular flexibility index (Phi) is 31.2. The number of carbonyl (C=O) groups excluding carboxylic acids is 9. The van der Waals surface area contributed by atoms with Crippen LogP contribution in [0.2, 0.25) is 0 Å². The number of nitrogens with zero attached hydrogens (tertiary/aromatic N) is 8. The molecule has 0 spiro atoms. The van der Waals surface area contributed by atoms with Crippen LogP contribution in [0.15, 0.2) is 54.7 Å². The highest BCUT2D eigenvalue weighted by molar-refractivity contribution is 6.07. The van der Waals surface area contributed by atoms with E-state index in [0.717, 1.165) is 29.6 Å². The van der Waals surface area contributed by atoms with Crippen molar-refractivity contribution < 1.29 is 85.5 Å². The van der Waals surface area contributed by atoms with Crippen molar-refractivity contribution in [2.24, 2.45) is 0 Å². The van der Waals surface area contributed by atoms with Crippen molar-refractivity contribution in [3.8, 4) is 18.1 Å². The van der Waals surface area contributed by atoms with Gasteiger partial charge in [-0.05, 0) is 75.4 Å². The number of aryl methyl sites for hydroxylation is 2. The van der Waals surface area contributed by atoms with Crippen molar-refractivity contribution in [1.29, 1.82) is 0 Å². The molecule has 0 saturated carbocycles. The van der Waals surface area contributed by atoms with E-state index in [1.807, 2.05) is 41.0 Å². The fraction of sp³-hybridized carbons (Fsp3) is 0.578. The third-order valence-corrected chi connectivity index (χ3v) is 16.2. The third-order valence-electron chi connectivity index (χ3n) is 16.2. The summed E-state index contributed by atoms with van der Waals surface area (Å²) in [5, 5.41) is 21.1. The van der Waals surface area contributed by atoms with Crippen LogP contribution in [0.1, 0.15) is 66.4 Å². The van der Waals surface area contributed by atoms with Gasteiger partial charge in [0.2, 0.25) is 29.5 Å². The van der Waals surface area contributed by atoms with Crippen LogP contribution in [-0.2, 0) is 68.5 Å². The Balaban J connectivity index is 1.03. The maximum absolute atomic E-state index is 14.4. The molecular weight excluding hydrogens is 1230 g/mol. The van der Waals surface area contributed by atoms with E-state index in [-0.39, 0.29) is 110 Å². The number of pyridine rings is 1. The zero-order valence-electron chi connectivity index (χ0n) is 53.5. The highest BCUT2D eigenvalue weighted by atomic mass is 19.3. The predicted molar refractivity (Wildman–Crippen MR) is 336 cm³/mol. The number of aliphatic carboxylic acids is 1. The summed E-state index contributed by atoms with van der Waals surface area (Å²) in [5.74, 6) is -5.70. The van der Waals surface area contributed by atoms with E-state index in [0.29, 0.717) is 101 Å². The van der Waals surface area contributed by atoms with E-state index < -0.39 is 91.5 Å². The van der Waals surface area contributed by atoms with Gasteiger partial charge >= 0.3 is 11.9 Å². The fourth-order valence-electron chi connectivity index (χ4n) is 10.9. The molecule has 5 N–H and O–H groups in total. The Morgan fingerprint density at radius 2 is 1.40 bits per heavy atom. The number of esters is 1. The van der Waals surface area contributed by atoms with Crippen LogP contribution < -0.4 is 26.0 Å². The summed E-state index contributed by atoms with van der Waals surface area (Å²) >= 11 is 0. The molecule has 3 aliphatic rings. The SMILES string of the molecule is C#C[C@H]1CC(F)(F)CN1C(=O)CNC(=O)c1ccnc2ccc(OCCCCN3CCN(C(=O)[C@H](CC(=O)OC)NC(=O)[C@H](CCOCCNC(=O)CCCc4ccc(C)cc4)NC(=O)CN4CCN(COC=O)CCN(COC=O)CCN(CC(=O)O)CC4)CC3)cc12. The molecule has 0 bridgehead atoms. The van der Waals surface area contributed by atoms with Crippen molar-refractivity contribution in [2.45, 2.75) is 82.3 Å². The van der Waals surface area contributed by atoms with Crippen molar-refractivity contribution in [3.63, 3.8) is 0 Å². The first-order valence-corrected chi connectivity index (χ1v) is 31.5. The van der Waals surface area contributed by atoms with E-state index >= 15 is 0 Å². The Morgan fingerprint density at radius 3 is 2.04 bits per heavy atom. The largest absolute Gasteiger partial charge is 0.494 e. The smallest absolute Gasteiger partial charge is 0.317 e. The van der Waals surface area contributed by atoms with Gasteiger partial charge in [0.1, 0.15) is 31.3 Å². The number of unbranched alkanes of at least 4 members (excludes halogenated alkanes) is 1. The van der Waals surface area contributed by atoms with E-state index in [2.05, 4.69) is 37.1 Å². The summed E-state index contributed by atoms with van der Waals surface area (Å²) in [6, 6.07) is 10.9. The Labute approximate surface area is 545 Å². The summed E-state index contributed by atoms with van der Waals surface area (Å²) in [6.07, 6.45) is 8.61. The lowest BCUT2D eigenvalue weighted by Gasteiger charge is -2.36. The first-order chi connectivity index (χ1) is 45.3. The van der Waals surface area contributed by atoms with Crippen molar-refractivity contribution in [1.82, 2.24) is 60.6 Å². The number of aromatic nitrogens is 1. The number of carboxylic acid groups (broad SMARTS) is 1. The number of ether oxygens (including phenoxy) is 5. The molecule has 3 aromatic rings. The molecule has 0 unspecified atom stereocenters. The summed E-state index contributed by atoms with van der Waals surface area (Å²) in [6.45, 7) is 5.39.